The minimum Gasteiger partial charge on any atom is -0.497 e. The molecule has 0 aliphatic rings. The van der Waals surface area contributed by atoms with Gasteiger partial charge in [0.15, 0.2) is 0 Å². The first kappa shape index (κ1) is 56.6. The van der Waals surface area contributed by atoms with Gasteiger partial charge in [0.2, 0.25) is 20.0 Å². The van der Waals surface area contributed by atoms with Crippen LogP contribution < -0.4 is 18.9 Å². The summed E-state index contributed by atoms with van der Waals surface area (Å²) in [6.07, 6.45) is 5.44. The molecular formula is C52H70N2O12S2. The summed E-state index contributed by atoms with van der Waals surface area (Å²) in [5.41, 5.74) is 3.32. The lowest BCUT2D eigenvalue weighted by Crippen LogP contribution is -2.46. The highest BCUT2D eigenvalue weighted by Gasteiger charge is 2.44. The van der Waals surface area contributed by atoms with Gasteiger partial charge in [-0.05, 0) is 123 Å². The van der Waals surface area contributed by atoms with Crippen molar-refractivity contribution in [1.82, 2.24) is 8.61 Å². The number of hydrogen-bond donors (Lipinski definition) is 0. The summed E-state index contributed by atoms with van der Waals surface area (Å²) >= 11 is 0. The van der Waals surface area contributed by atoms with E-state index in [1.54, 1.807) is 54.4 Å². The van der Waals surface area contributed by atoms with Gasteiger partial charge in [-0.25, -0.2) is 16.8 Å². The van der Waals surface area contributed by atoms with Gasteiger partial charge in [0.25, 0.3) is 0 Å². The van der Waals surface area contributed by atoms with E-state index in [0.29, 0.717) is 48.7 Å². The molecule has 0 aliphatic heterocycles. The second kappa shape index (κ2) is 27.3. The molecule has 4 aromatic rings. The van der Waals surface area contributed by atoms with Crippen LogP contribution in [-0.2, 0) is 65.3 Å². The third-order valence-electron chi connectivity index (χ3n) is 11.9. The zero-order chi connectivity index (χ0) is 50.4. The molecule has 0 heterocycles. The van der Waals surface area contributed by atoms with Crippen molar-refractivity contribution in [2.45, 2.75) is 101 Å². The molecule has 0 N–H and O–H groups in total. The van der Waals surface area contributed by atoms with Crippen LogP contribution in [0.5, 0.6) is 23.0 Å². The predicted molar refractivity (Wildman–Crippen MR) is 266 cm³/mol. The Morgan fingerprint density at radius 1 is 0.456 bits per heavy atom. The first-order chi connectivity index (χ1) is 32.4. The topological polar surface area (TPSA) is 164 Å². The van der Waals surface area contributed by atoms with E-state index in [0.717, 1.165) is 22.3 Å². The number of benzene rings is 4. The van der Waals surface area contributed by atoms with Crippen molar-refractivity contribution in [3.8, 4) is 23.0 Å². The molecule has 0 unspecified atom stereocenters. The maximum absolute atomic E-state index is 14.1. The average Bonchev–Trinajstić information content (AvgIpc) is 3.36. The third kappa shape index (κ3) is 16.2. The summed E-state index contributed by atoms with van der Waals surface area (Å²) < 4.78 is 87.5. The number of methoxy groups -OCH3 is 6. The van der Waals surface area contributed by atoms with Crippen LogP contribution in [0.1, 0.15) is 87.5 Å². The maximum Gasteiger partial charge on any atom is 0.305 e. The number of rotatable bonds is 28. The summed E-state index contributed by atoms with van der Waals surface area (Å²) in [7, 11) is 1.24. The van der Waals surface area contributed by atoms with Crippen molar-refractivity contribution in [3.05, 3.63) is 145 Å². The number of esters is 2. The molecule has 4 rings (SSSR count). The smallest absolute Gasteiger partial charge is 0.305 e. The molecule has 0 fully saturated rings. The lowest BCUT2D eigenvalue weighted by molar-refractivity contribution is -0.141. The highest BCUT2D eigenvalue weighted by atomic mass is 32.2. The number of sulfonamides is 2. The first-order valence-corrected chi connectivity index (χ1v) is 25.1. The van der Waals surface area contributed by atoms with Crippen LogP contribution in [0.15, 0.2) is 122 Å². The van der Waals surface area contributed by atoms with Gasteiger partial charge < -0.3 is 28.4 Å². The number of carbonyl (C=O) groups is 2. The summed E-state index contributed by atoms with van der Waals surface area (Å²) in [4.78, 5) is 23.7. The van der Waals surface area contributed by atoms with Crippen LogP contribution in [0.4, 0.5) is 0 Å². The van der Waals surface area contributed by atoms with E-state index in [9.17, 15) is 26.4 Å². The van der Waals surface area contributed by atoms with Gasteiger partial charge in [-0.15, -0.1) is 13.2 Å². The van der Waals surface area contributed by atoms with Gasteiger partial charge in [0, 0.05) is 39.0 Å². The summed E-state index contributed by atoms with van der Waals surface area (Å²) in [5.74, 6) is 1.92. The molecule has 68 heavy (non-hydrogen) atoms. The van der Waals surface area contributed by atoms with Crippen molar-refractivity contribution in [3.63, 3.8) is 0 Å². The summed E-state index contributed by atoms with van der Waals surface area (Å²) in [5, 5.41) is 0. The van der Waals surface area contributed by atoms with Gasteiger partial charge in [0.1, 0.15) is 23.0 Å². The molecule has 0 spiro atoms. The molecule has 16 heteroatoms. The second-order valence-electron chi connectivity index (χ2n) is 16.6. The fourth-order valence-corrected chi connectivity index (χ4v) is 11.3. The molecule has 372 valence electrons. The van der Waals surface area contributed by atoms with Crippen molar-refractivity contribution in [2.24, 2.45) is 0 Å². The lowest BCUT2D eigenvalue weighted by atomic mass is 9.98. The molecular weight excluding hydrogens is 909 g/mol. The van der Waals surface area contributed by atoms with Crippen molar-refractivity contribution in [2.75, 3.05) is 42.7 Å². The zero-order valence-corrected chi connectivity index (χ0v) is 42.5. The molecule has 0 aromatic heterocycles. The second-order valence-corrected chi connectivity index (χ2v) is 21.5. The Hall–Kier alpha value is -5.68. The Balaban J connectivity index is 0.000000360. The van der Waals surface area contributed by atoms with Crippen LogP contribution in [0.25, 0.3) is 0 Å². The number of nitrogens with zero attached hydrogens (tertiary/aromatic N) is 2. The zero-order valence-electron chi connectivity index (χ0n) is 40.9. The van der Waals surface area contributed by atoms with Crippen molar-refractivity contribution >= 4 is 32.0 Å². The van der Waals surface area contributed by atoms with Crippen LogP contribution >= 0.6 is 0 Å². The van der Waals surface area contributed by atoms with E-state index in [4.69, 9.17) is 28.4 Å². The van der Waals surface area contributed by atoms with E-state index in [1.807, 2.05) is 97.1 Å². The van der Waals surface area contributed by atoms with Crippen molar-refractivity contribution < 1.29 is 54.8 Å². The Labute approximate surface area is 404 Å². The standard InChI is InChI=1S/2C26H35NO6S/c2*1-6-7-17-26(2,18-16-25(28)33-5)34(29,30)27(19-21-8-12-23(31-3)13-9-21)20-22-10-14-24(32-4)15-11-22/h2*6,8-15H,1,7,16-20H2,2-5H3/t2*26-/m10/s1. The molecule has 4 aromatic carbocycles. The van der Waals surface area contributed by atoms with Crippen molar-refractivity contribution in [1.29, 1.82) is 0 Å². The van der Waals surface area contributed by atoms with E-state index in [-0.39, 0.29) is 51.9 Å². The largest absolute Gasteiger partial charge is 0.497 e. The third-order valence-corrected chi connectivity index (χ3v) is 17.1. The number of ether oxygens (including phenoxy) is 6. The first-order valence-electron chi connectivity index (χ1n) is 22.2. The fourth-order valence-electron chi connectivity index (χ4n) is 7.33. The van der Waals surface area contributed by atoms with E-state index in [1.165, 1.54) is 22.8 Å². The van der Waals surface area contributed by atoms with Crippen LogP contribution in [0, 0.1) is 0 Å². The van der Waals surface area contributed by atoms with Crippen LogP contribution in [0.3, 0.4) is 0 Å². The molecule has 2 atom stereocenters. The molecule has 0 aliphatic carbocycles. The van der Waals surface area contributed by atoms with Crippen LogP contribution in [0.2, 0.25) is 0 Å². The SMILES string of the molecule is C=CCC[C@@](C)(CCC(=O)OC)S(=O)(=O)N(Cc1ccc(OC)cc1)Cc1ccc(OC)cc1.C=CCC[C@](C)(CCC(=O)OC)S(=O)(=O)N(Cc1ccc(OC)cc1)Cc1ccc(OC)cc1. The minimum absolute atomic E-state index is 0.0162. The van der Waals surface area contributed by atoms with Gasteiger partial charge in [-0.2, -0.15) is 8.61 Å². The lowest BCUT2D eigenvalue weighted by Gasteiger charge is -2.35. The minimum atomic E-state index is -3.85. The van der Waals surface area contributed by atoms with Crippen LogP contribution in [-0.4, -0.2) is 89.5 Å². The van der Waals surface area contributed by atoms with Gasteiger partial charge in [-0.1, -0.05) is 60.7 Å². The van der Waals surface area contributed by atoms with E-state index in [2.05, 4.69) is 13.2 Å². The quantitative estimate of drug-likeness (QED) is 0.0392. The number of allylic oxidation sites excluding steroid dienone is 2. The highest BCUT2D eigenvalue weighted by Crippen LogP contribution is 2.36. The Kier molecular flexibility index (Phi) is 22.8. The summed E-state index contributed by atoms with van der Waals surface area (Å²) in [6, 6.07) is 29.3. The Bertz CT molecular complexity index is 2140. The summed E-state index contributed by atoms with van der Waals surface area (Å²) in [6.45, 7) is 11.6. The monoisotopic (exact) mass is 978 g/mol. The molecule has 0 radical (unpaired) electrons. The van der Waals surface area contributed by atoms with Gasteiger partial charge in [0.05, 0.1) is 52.2 Å². The number of carbonyl (C=O) groups excluding carboxylic acids is 2. The maximum atomic E-state index is 14.1. The normalized spacial score (nSPS) is 13.2. The van der Waals surface area contributed by atoms with Gasteiger partial charge >= 0.3 is 11.9 Å². The predicted octanol–water partition coefficient (Wildman–Crippen LogP) is 9.43. The Morgan fingerprint density at radius 3 is 0.882 bits per heavy atom. The Morgan fingerprint density at radius 2 is 0.691 bits per heavy atom. The average molecular weight is 979 g/mol. The fraction of sp³-hybridized carbons (Fsp3) is 0.423. The van der Waals surface area contributed by atoms with Gasteiger partial charge in [-0.3, -0.25) is 9.59 Å². The molecule has 0 amide bonds. The highest BCUT2D eigenvalue weighted by molar-refractivity contribution is 7.90. The van der Waals surface area contributed by atoms with E-state index >= 15 is 0 Å². The molecule has 0 saturated heterocycles. The molecule has 0 saturated carbocycles. The number of hydrogen-bond acceptors (Lipinski definition) is 12. The molecule has 0 bridgehead atoms. The molecule has 14 nitrogen and oxygen atoms in total. The van der Waals surface area contributed by atoms with E-state index < -0.39 is 41.5 Å².